The summed E-state index contributed by atoms with van der Waals surface area (Å²) >= 11 is 0. The first-order chi connectivity index (χ1) is 12.4. The van der Waals surface area contributed by atoms with Gasteiger partial charge in [-0.3, -0.25) is 4.99 Å². The van der Waals surface area contributed by atoms with E-state index in [1.807, 2.05) is 18.3 Å². The van der Waals surface area contributed by atoms with Gasteiger partial charge < -0.3 is 0 Å². The summed E-state index contributed by atoms with van der Waals surface area (Å²) in [7, 11) is 0. The van der Waals surface area contributed by atoms with Crippen molar-refractivity contribution in [1.29, 1.82) is 0 Å². The molecule has 120 valence electrons. The fourth-order valence-electron chi connectivity index (χ4n) is 3.08. The molecular weight excluding hydrogens is 302 g/mol. The normalized spacial score (nSPS) is 14.2. The molecule has 0 atom stereocenters. The van der Waals surface area contributed by atoms with Gasteiger partial charge in [0, 0.05) is 18.2 Å². The average Bonchev–Trinajstić information content (AvgIpc) is 2.93. The number of benzene rings is 3. The minimum atomic E-state index is 0.820. The fraction of sp³-hybridized carbons (Fsp3) is 0.0417. The number of rotatable bonds is 3. The molecule has 25 heavy (non-hydrogen) atoms. The third kappa shape index (κ3) is 3.51. The molecule has 1 heteroatoms. The predicted molar refractivity (Wildman–Crippen MR) is 106 cm³/mol. The first-order valence-electron chi connectivity index (χ1n) is 8.54. The lowest BCUT2D eigenvalue weighted by Gasteiger charge is -2.10. The molecule has 0 aliphatic carbocycles. The molecule has 0 unspecified atom stereocenters. The zero-order valence-corrected chi connectivity index (χ0v) is 14.0. The second kappa shape index (κ2) is 7.14. The molecular formula is C24H19N. The zero-order valence-electron chi connectivity index (χ0n) is 14.0. The summed E-state index contributed by atoms with van der Waals surface area (Å²) in [5, 5.41) is 0. The Bertz CT molecular complexity index is 933. The highest BCUT2D eigenvalue weighted by molar-refractivity contribution is 6.08. The maximum Gasteiger partial charge on any atom is 0.0520 e. The van der Waals surface area contributed by atoms with Gasteiger partial charge in [-0.2, -0.15) is 0 Å². The number of hydrogen-bond acceptors (Lipinski definition) is 1. The van der Waals surface area contributed by atoms with Crippen molar-refractivity contribution in [2.45, 2.75) is 6.42 Å². The highest BCUT2D eigenvalue weighted by Gasteiger charge is 2.13. The van der Waals surface area contributed by atoms with E-state index in [4.69, 9.17) is 4.99 Å². The highest BCUT2D eigenvalue weighted by Crippen LogP contribution is 2.29. The Morgan fingerprint density at radius 3 is 1.68 bits per heavy atom. The molecule has 1 aliphatic rings. The largest absolute Gasteiger partial charge is 0.260 e. The number of nitrogens with zero attached hydrogens (tertiary/aromatic N) is 1. The minimum Gasteiger partial charge on any atom is -0.260 e. The van der Waals surface area contributed by atoms with E-state index in [0.29, 0.717) is 0 Å². The van der Waals surface area contributed by atoms with Gasteiger partial charge in [-0.1, -0.05) is 91.0 Å². The molecule has 4 rings (SSSR count). The van der Waals surface area contributed by atoms with E-state index in [2.05, 4.69) is 84.9 Å². The van der Waals surface area contributed by atoms with Gasteiger partial charge in [0.2, 0.25) is 0 Å². The molecule has 0 saturated heterocycles. The number of allylic oxidation sites excluding steroid dienone is 3. The van der Waals surface area contributed by atoms with Crippen LogP contribution in [0.3, 0.4) is 0 Å². The third-order valence-corrected chi connectivity index (χ3v) is 4.41. The van der Waals surface area contributed by atoms with Gasteiger partial charge >= 0.3 is 0 Å². The Balaban J connectivity index is 1.82. The van der Waals surface area contributed by atoms with Gasteiger partial charge in [-0.05, 0) is 28.3 Å². The van der Waals surface area contributed by atoms with Crippen molar-refractivity contribution < 1.29 is 0 Å². The molecule has 0 saturated carbocycles. The Morgan fingerprint density at radius 2 is 1.08 bits per heavy atom. The minimum absolute atomic E-state index is 0.820. The predicted octanol–water partition coefficient (Wildman–Crippen LogP) is 6.00. The summed E-state index contributed by atoms with van der Waals surface area (Å²) in [5.41, 5.74) is 7.14. The smallest absolute Gasteiger partial charge is 0.0520 e. The van der Waals surface area contributed by atoms with E-state index in [0.717, 1.165) is 17.7 Å². The van der Waals surface area contributed by atoms with Crippen molar-refractivity contribution >= 4 is 16.9 Å². The molecule has 1 heterocycles. The number of aliphatic imine (C=N–C) groups is 1. The van der Waals surface area contributed by atoms with E-state index in [1.165, 1.54) is 22.3 Å². The van der Waals surface area contributed by atoms with Crippen LogP contribution in [0.15, 0.2) is 108 Å². The molecule has 3 aromatic rings. The van der Waals surface area contributed by atoms with Crippen molar-refractivity contribution in [1.82, 2.24) is 0 Å². The maximum absolute atomic E-state index is 4.83. The lowest BCUT2D eigenvalue weighted by molar-refractivity contribution is 1.40. The van der Waals surface area contributed by atoms with Crippen molar-refractivity contribution in [3.05, 3.63) is 120 Å². The Morgan fingerprint density at radius 1 is 0.560 bits per heavy atom. The maximum atomic E-state index is 4.83. The van der Waals surface area contributed by atoms with Crippen LogP contribution in [0.4, 0.5) is 0 Å². The van der Waals surface area contributed by atoms with Gasteiger partial charge in [0.1, 0.15) is 0 Å². The highest BCUT2D eigenvalue weighted by atomic mass is 14.7. The van der Waals surface area contributed by atoms with E-state index < -0.39 is 0 Å². The quantitative estimate of drug-likeness (QED) is 0.560. The second-order valence-electron chi connectivity index (χ2n) is 6.10. The SMILES string of the molecule is C1=C(c2ccccc2)C=C(c2ccccc2)CC(c2ccccc2)=N1. The summed E-state index contributed by atoms with van der Waals surface area (Å²) in [5.74, 6) is 0. The second-order valence-corrected chi connectivity index (χ2v) is 6.10. The van der Waals surface area contributed by atoms with Crippen LogP contribution >= 0.6 is 0 Å². The molecule has 0 N–H and O–H groups in total. The number of hydrogen-bond donors (Lipinski definition) is 0. The van der Waals surface area contributed by atoms with Gasteiger partial charge in [0.25, 0.3) is 0 Å². The van der Waals surface area contributed by atoms with Crippen LogP contribution < -0.4 is 0 Å². The fourth-order valence-corrected chi connectivity index (χ4v) is 3.08. The summed E-state index contributed by atoms with van der Waals surface area (Å²) < 4.78 is 0. The molecule has 0 spiro atoms. The van der Waals surface area contributed by atoms with Crippen LogP contribution in [0.1, 0.15) is 23.1 Å². The van der Waals surface area contributed by atoms with E-state index in [-0.39, 0.29) is 0 Å². The van der Waals surface area contributed by atoms with E-state index in [1.54, 1.807) is 0 Å². The van der Waals surface area contributed by atoms with Crippen LogP contribution in [0, 0.1) is 0 Å². The molecule has 0 radical (unpaired) electrons. The topological polar surface area (TPSA) is 12.4 Å². The molecule has 0 fully saturated rings. The lowest BCUT2D eigenvalue weighted by atomic mass is 9.94. The summed E-state index contributed by atoms with van der Waals surface area (Å²) in [6, 6.07) is 31.4. The molecule has 1 aliphatic heterocycles. The van der Waals surface area contributed by atoms with E-state index in [9.17, 15) is 0 Å². The Hall–Kier alpha value is -3.19. The van der Waals surface area contributed by atoms with Gasteiger partial charge in [-0.25, -0.2) is 0 Å². The summed E-state index contributed by atoms with van der Waals surface area (Å²) in [6.45, 7) is 0. The van der Waals surface area contributed by atoms with Crippen molar-refractivity contribution in [2.24, 2.45) is 4.99 Å². The van der Waals surface area contributed by atoms with Crippen LogP contribution in [0.25, 0.3) is 11.1 Å². The van der Waals surface area contributed by atoms with Crippen LogP contribution in [0.5, 0.6) is 0 Å². The molecule has 0 aromatic heterocycles. The van der Waals surface area contributed by atoms with Crippen LogP contribution in [0.2, 0.25) is 0 Å². The van der Waals surface area contributed by atoms with Crippen molar-refractivity contribution in [3.8, 4) is 0 Å². The van der Waals surface area contributed by atoms with Gasteiger partial charge in [0.15, 0.2) is 0 Å². The molecule has 0 amide bonds. The Labute approximate surface area is 148 Å². The van der Waals surface area contributed by atoms with Crippen molar-refractivity contribution in [3.63, 3.8) is 0 Å². The van der Waals surface area contributed by atoms with E-state index >= 15 is 0 Å². The summed E-state index contributed by atoms with van der Waals surface area (Å²) in [4.78, 5) is 4.83. The molecule has 3 aromatic carbocycles. The van der Waals surface area contributed by atoms with Crippen LogP contribution in [-0.4, -0.2) is 5.71 Å². The first kappa shape index (κ1) is 15.3. The zero-order chi connectivity index (χ0) is 16.9. The van der Waals surface area contributed by atoms with Gasteiger partial charge in [-0.15, -0.1) is 0 Å². The summed E-state index contributed by atoms with van der Waals surface area (Å²) in [6.07, 6.45) is 5.08. The average molecular weight is 321 g/mol. The first-order valence-corrected chi connectivity index (χ1v) is 8.54. The Kier molecular flexibility index (Phi) is 4.38. The third-order valence-electron chi connectivity index (χ3n) is 4.41. The van der Waals surface area contributed by atoms with Gasteiger partial charge in [0.05, 0.1) is 5.71 Å². The van der Waals surface area contributed by atoms with Crippen LogP contribution in [-0.2, 0) is 0 Å². The lowest BCUT2D eigenvalue weighted by Crippen LogP contribution is -2.01. The molecule has 1 nitrogen and oxygen atoms in total. The van der Waals surface area contributed by atoms with Crippen molar-refractivity contribution in [2.75, 3.05) is 0 Å². The standard InChI is InChI=1S/C24H19N/c1-4-10-19(11-5-1)22-16-23(20-12-6-2-7-13-20)18-25-24(17-22)21-14-8-3-9-15-21/h1-16,18H,17H2. The monoisotopic (exact) mass is 321 g/mol. The molecule has 0 bridgehead atoms.